The monoisotopic (exact) mass is 318 g/mol. The first-order chi connectivity index (χ1) is 11.1. The molecule has 2 N–H and O–H groups in total. The Morgan fingerprint density at radius 2 is 2.09 bits per heavy atom. The summed E-state index contributed by atoms with van der Waals surface area (Å²) in [7, 11) is 0. The van der Waals surface area contributed by atoms with Crippen LogP contribution < -0.4 is 10.6 Å². The molecule has 4 rings (SSSR count). The van der Waals surface area contributed by atoms with Gasteiger partial charge in [-0.25, -0.2) is 8.78 Å². The van der Waals surface area contributed by atoms with Crippen LogP contribution in [-0.2, 0) is 0 Å². The van der Waals surface area contributed by atoms with E-state index in [0.717, 1.165) is 25.3 Å². The molecular weight excluding hydrogens is 302 g/mol. The summed E-state index contributed by atoms with van der Waals surface area (Å²) in [5.41, 5.74) is 0.00522. The molecule has 3 atom stereocenters. The van der Waals surface area contributed by atoms with Crippen molar-refractivity contribution in [3.05, 3.63) is 47.7 Å². The largest absolute Gasteiger partial charge is 0.451 e. The molecule has 120 valence electrons. The smallest absolute Gasteiger partial charge is 0.287 e. The van der Waals surface area contributed by atoms with Gasteiger partial charge in [0.15, 0.2) is 17.4 Å². The third-order valence-electron chi connectivity index (χ3n) is 4.66. The van der Waals surface area contributed by atoms with Crippen LogP contribution in [0.5, 0.6) is 0 Å². The van der Waals surface area contributed by atoms with Gasteiger partial charge < -0.3 is 15.1 Å². The lowest BCUT2D eigenvalue weighted by atomic mass is 9.95. The summed E-state index contributed by atoms with van der Waals surface area (Å²) >= 11 is 0. The average Bonchev–Trinajstić information content (AvgIpc) is 3.25. The Hall–Kier alpha value is -2.21. The first-order valence-electron chi connectivity index (χ1n) is 7.73. The molecule has 0 aliphatic carbocycles. The number of rotatable bonds is 3. The standard InChI is InChI=1S/C17H16F2N2O2/c18-11-3-1-2-10(16(11)19)14-6-7-15(23-14)17(22)21-13-8-9-4-5-12(13)20-9/h1-3,6-7,9,12-13,20H,4-5,8H2,(H,21,22)/t9-,12+,13-/m1/s1. The van der Waals surface area contributed by atoms with Crippen molar-refractivity contribution in [1.82, 2.24) is 10.6 Å². The van der Waals surface area contributed by atoms with E-state index in [2.05, 4.69) is 10.6 Å². The number of halogens is 2. The molecule has 3 heterocycles. The molecule has 1 aromatic carbocycles. The van der Waals surface area contributed by atoms with Gasteiger partial charge in [0, 0.05) is 18.1 Å². The molecule has 23 heavy (non-hydrogen) atoms. The van der Waals surface area contributed by atoms with Crippen LogP contribution in [0.2, 0.25) is 0 Å². The molecule has 0 unspecified atom stereocenters. The summed E-state index contributed by atoms with van der Waals surface area (Å²) in [6.07, 6.45) is 3.14. The normalized spacial score (nSPS) is 25.7. The number of benzene rings is 1. The van der Waals surface area contributed by atoms with Gasteiger partial charge in [-0.3, -0.25) is 4.79 Å². The summed E-state index contributed by atoms with van der Waals surface area (Å²) in [5.74, 6) is -2.01. The lowest BCUT2D eigenvalue weighted by molar-refractivity contribution is 0.0903. The molecule has 1 amide bonds. The first kappa shape index (κ1) is 14.4. The Morgan fingerprint density at radius 1 is 1.22 bits per heavy atom. The van der Waals surface area contributed by atoms with E-state index in [0.29, 0.717) is 12.1 Å². The van der Waals surface area contributed by atoms with E-state index in [1.54, 1.807) is 0 Å². The molecule has 2 aromatic rings. The molecule has 0 saturated carbocycles. The minimum absolute atomic E-state index is 0.00522. The highest BCUT2D eigenvalue weighted by Crippen LogP contribution is 2.29. The van der Waals surface area contributed by atoms with Gasteiger partial charge in [-0.1, -0.05) is 6.07 Å². The van der Waals surface area contributed by atoms with Gasteiger partial charge in [0.1, 0.15) is 5.76 Å². The van der Waals surface area contributed by atoms with Gasteiger partial charge in [0.05, 0.1) is 5.56 Å². The number of carbonyl (C=O) groups excluding carboxylic acids is 1. The van der Waals surface area contributed by atoms with E-state index < -0.39 is 11.6 Å². The summed E-state index contributed by atoms with van der Waals surface area (Å²) < 4.78 is 32.5. The van der Waals surface area contributed by atoms with Crippen LogP contribution in [-0.4, -0.2) is 24.0 Å². The van der Waals surface area contributed by atoms with Gasteiger partial charge in [-0.2, -0.15) is 0 Å². The van der Waals surface area contributed by atoms with Crippen molar-refractivity contribution in [3.63, 3.8) is 0 Å². The highest BCUT2D eigenvalue weighted by Gasteiger charge is 2.40. The minimum atomic E-state index is -0.980. The van der Waals surface area contributed by atoms with Crippen LogP contribution in [0.1, 0.15) is 29.8 Å². The maximum Gasteiger partial charge on any atom is 0.287 e. The average molecular weight is 318 g/mol. The van der Waals surface area contributed by atoms with Gasteiger partial charge in [0.2, 0.25) is 0 Å². The van der Waals surface area contributed by atoms with Gasteiger partial charge in [-0.05, 0) is 43.5 Å². The van der Waals surface area contributed by atoms with Gasteiger partial charge >= 0.3 is 0 Å². The summed E-state index contributed by atoms with van der Waals surface area (Å²) in [5, 5.41) is 6.40. The molecule has 2 aliphatic rings. The Kier molecular flexibility index (Phi) is 3.41. The van der Waals surface area contributed by atoms with E-state index in [-0.39, 0.29) is 29.0 Å². The zero-order valence-corrected chi connectivity index (χ0v) is 12.3. The third-order valence-corrected chi connectivity index (χ3v) is 4.66. The second-order valence-electron chi connectivity index (χ2n) is 6.13. The van der Waals surface area contributed by atoms with Crippen molar-refractivity contribution in [2.75, 3.05) is 0 Å². The van der Waals surface area contributed by atoms with Gasteiger partial charge in [0.25, 0.3) is 5.91 Å². The van der Waals surface area contributed by atoms with Crippen molar-refractivity contribution in [3.8, 4) is 11.3 Å². The molecule has 6 heteroatoms. The molecule has 2 bridgehead atoms. The maximum atomic E-state index is 13.8. The van der Waals surface area contributed by atoms with Crippen LogP contribution in [0.4, 0.5) is 8.78 Å². The molecule has 2 saturated heterocycles. The zero-order chi connectivity index (χ0) is 16.0. The van der Waals surface area contributed by atoms with Crippen molar-refractivity contribution < 1.29 is 18.0 Å². The Morgan fingerprint density at radius 3 is 2.83 bits per heavy atom. The van der Waals surface area contributed by atoms with Gasteiger partial charge in [-0.15, -0.1) is 0 Å². The Labute approximate surface area is 131 Å². The topological polar surface area (TPSA) is 54.3 Å². The number of furan rings is 1. The molecule has 0 radical (unpaired) electrons. The van der Waals surface area contributed by atoms with E-state index >= 15 is 0 Å². The molecule has 0 spiro atoms. The highest BCUT2D eigenvalue weighted by molar-refractivity contribution is 5.92. The Balaban J connectivity index is 1.51. The molecule has 1 aromatic heterocycles. The van der Waals surface area contributed by atoms with Crippen molar-refractivity contribution in [1.29, 1.82) is 0 Å². The minimum Gasteiger partial charge on any atom is -0.451 e. The van der Waals surface area contributed by atoms with Crippen LogP contribution in [0, 0.1) is 11.6 Å². The molecule has 2 fully saturated rings. The van der Waals surface area contributed by atoms with Crippen LogP contribution in [0.3, 0.4) is 0 Å². The van der Waals surface area contributed by atoms with E-state index in [1.165, 1.54) is 24.3 Å². The number of carbonyl (C=O) groups is 1. The quantitative estimate of drug-likeness (QED) is 0.915. The number of hydrogen-bond donors (Lipinski definition) is 2. The number of fused-ring (bicyclic) bond motifs is 2. The van der Waals surface area contributed by atoms with Crippen LogP contribution in [0.15, 0.2) is 34.7 Å². The highest BCUT2D eigenvalue weighted by atomic mass is 19.2. The first-order valence-corrected chi connectivity index (χ1v) is 7.73. The molecular formula is C17H16F2N2O2. The second kappa shape index (κ2) is 5.45. The predicted molar refractivity (Wildman–Crippen MR) is 79.9 cm³/mol. The molecule has 2 aliphatic heterocycles. The SMILES string of the molecule is O=C(N[C@@H]1C[C@H]2CC[C@@H]1N2)c1ccc(-c2cccc(F)c2F)o1. The Bertz CT molecular complexity index is 759. The van der Waals surface area contributed by atoms with E-state index in [9.17, 15) is 13.6 Å². The fourth-order valence-electron chi connectivity index (χ4n) is 3.52. The van der Waals surface area contributed by atoms with Crippen molar-refractivity contribution in [2.24, 2.45) is 0 Å². The second-order valence-corrected chi connectivity index (χ2v) is 6.13. The summed E-state index contributed by atoms with van der Waals surface area (Å²) in [4.78, 5) is 12.3. The van der Waals surface area contributed by atoms with E-state index in [1.807, 2.05) is 0 Å². The zero-order valence-electron chi connectivity index (χ0n) is 12.3. The lowest BCUT2D eigenvalue weighted by Crippen LogP contribution is -2.42. The molecule has 4 nitrogen and oxygen atoms in total. The van der Waals surface area contributed by atoms with Crippen molar-refractivity contribution in [2.45, 2.75) is 37.4 Å². The lowest BCUT2D eigenvalue weighted by Gasteiger charge is -2.20. The van der Waals surface area contributed by atoms with Crippen LogP contribution in [0.25, 0.3) is 11.3 Å². The third kappa shape index (κ3) is 2.53. The number of amides is 1. The summed E-state index contributed by atoms with van der Waals surface area (Å²) in [6, 6.07) is 7.72. The van der Waals surface area contributed by atoms with Crippen LogP contribution >= 0.6 is 0 Å². The van der Waals surface area contributed by atoms with E-state index in [4.69, 9.17) is 4.42 Å². The predicted octanol–water partition coefficient (Wildman–Crippen LogP) is 2.85. The number of hydrogen-bond acceptors (Lipinski definition) is 3. The fourth-order valence-corrected chi connectivity index (χ4v) is 3.52. The maximum absolute atomic E-state index is 13.8. The number of nitrogens with one attached hydrogen (secondary N) is 2. The fraction of sp³-hybridized carbons (Fsp3) is 0.353. The summed E-state index contributed by atoms with van der Waals surface area (Å²) in [6.45, 7) is 0. The van der Waals surface area contributed by atoms with Crippen molar-refractivity contribution >= 4 is 5.91 Å².